The summed E-state index contributed by atoms with van der Waals surface area (Å²) < 4.78 is 5.21. The van der Waals surface area contributed by atoms with E-state index >= 15 is 0 Å². The summed E-state index contributed by atoms with van der Waals surface area (Å²) in [6.45, 7) is 3.12. The SMILES string of the molecule is CC(C)(C=O)Oc1nc(C(=N)C(=O)O)cs1. The predicted molar refractivity (Wildman–Crippen MR) is 57.3 cm³/mol. The van der Waals surface area contributed by atoms with Crippen molar-refractivity contribution in [2.45, 2.75) is 19.4 Å². The molecule has 0 amide bonds. The molecule has 0 aliphatic rings. The Labute approximate surface area is 95.4 Å². The van der Waals surface area contributed by atoms with Crippen LogP contribution in [0.2, 0.25) is 0 Å². The zero-order chi connectivity index (χ0) is 12.3. The summed E-state index contributed by atoms with van der Waals surface area (Å²) in [6.07, 6.45) is 0.622. The molecule has 0 radical (unpaired) electrons. The average Bonchev–Trinajstić information content (AvgIpc) is 2.64. The highest BCUT2D eigenvalue weighted by molar-refractivity contribution is 7.11. The summed E-state index contributed by atoms with van der Waals surface area (Å²) in [5.74, 6) is -1.36. The van der Waals surface area contributed by atoms with E-state index in [-0.39, 0.29) is 10.9 Å². The van der Waals surface area contributed by atoms with Gasteiger partial charge in [0, 0.05) is 5.38 Å². The summed E-state index contributed by atoms with van der Waals surface area (Å²) in [5, 5.41) is 17.3. The number of nitrogens with one attached hydrogen (secondary N) is 1. The maximum Gasteiger partial charge on any atom is 0.356 e. The van der Waals surface area contributed by atoms with Crippen LogP contribution in [-0.2, 0) is 9.59 Å². The second kappa shape index (κ2) is 4.40. The predicted octanol–water partition coefficient (Wildman–Crippen LogP) is 0.952. The smallest absolute Gasteiger partial charge is 0.356 e. The van der Waals surface area contributed by atoms with Crippen molar-refractivity contribution in [3.63, 3.8) is 0 Å². The molecule has 1 rings (SSSR count). The Balaban J connectivity index is 2.84. The maximum atomic E-state index is 10.6. The number of rotatable bonds is 5. The Morgan fingerprint density at radius 1 is 1.69 bits per heavy atom. The zero-order valence-corrected chi connectivity index (χ0v) is 9.50. The molecule has 0 atom stereocenters. The zero-order valence-electron chi connectivity index (χ0n) is 8.68. The summed E-state index contributed by atoms with van der Waals surface area (Å²) in [7, 11) is 0. The largest absolute Gasteiger partial charge is 0.476 e. The van der Waals surface area contributed by atoms with Crippen LogP contribution in [0.15, 0.2) is 5.38 Å². The highest BCUT2D eigenvalue weighted by Crippen LogP contribution is 2.22. The number of aliphatic carboxylic acids is 1. The van der Waals surface area contributed by atoms with Crippen LogP contribution in [0.5, 0.6) is 5.19 Å². The normalized spacial score (nSPS) is 10.9. The molecule has 0 spiro atoms. The number of thiazole rings is 1. The molecule has 0 aromatic carbocycles. The molecule has 1 heterocycles. The van der Waals surface area contributed by atoms with E-state index in [4.69, 9.17) is 15.3 Å². The van der Waals surface area contributed by atoms with Crippen LogP contribution in [0.3, 0.4) is 0 Å². The number of carbonyl (C=O) groups excluding carboxylic acids is 1. The van der Waals surface area contributed by atoms with Crippen molar-refractivity contribution in [2.24, 2.45) is 0 Å². The van der Waals surface area contributed by atoms with E-state index in [9.17, 15) is 9.59 Å². The van der Waals surface area contributed by atoms with Crippen LogP contribution >= 0.6 is 11.3 Å². The lowest BCUT2D eigenvalue weighted by Crippen LogP contribution is -2.29. The monoisotopic (exact) mass is 242 g/mol. The van der Waals surface area contributed by atoms with Crippen LogP contribution in [0.1, 0.15) is 19.5 Å². The highest BCUT2D eigenvalue weighted by Gasteiger charge is 2.21. The van der Waals surface area contributed by atoms with Gasteiger partial charge in [-0.3, -0.25) is 10.2 Å². The molecule has 2 N–H and O–H groups in total. The van der Waals surface area contributed by atoms with Crippen LogP contribution in [0.25, 0.3) is 0 Å². The number of aromatic nitrogens is 1. The number of ether oxygens (including phenoxy) is 1. The van der Waals surface area contributed by atoms with Crippen molar-refractivity contribution in [1.29, 1.82) is 5.41 Å². The van der Waals surface area contributed by atoms with Gasteiger partial charge in [-0.2, -0.15) is 0 Å². The minimum atomic E-state index is -1.36. The lowest BCUT2D eigenvalue weighted by Gasteiger charge is -2.16. The molecular weight excluding hydrogens is 232 g/mol. The molecule has 1 aromatic heterocycles. The molecule has 16 heavy (non-hydrogen) atoms. The molecule has 1 aromatic rings. The summed E-state index contributed by atoms with van der Waals surface area (Å²) in [5.41, 5.74) is -1.59. The molecular formula is C9H10N2O4S. The molecule has 7 heteroatoms. The van der Waals surface area contributed by atoms with E-state index in [0.29, 0.717) is 6.29 Å². The first-order valence-corrected chi connectivity index (χ1v) is 5.17. The van der Waals surface area contributed by atoms with Gasteiger partial charge in [-0.15, -0.1) is 0 Å². The van der Waals surface area contributed by atoms with Gasteiger partial charge >= 0.3 is 5.97 Å². The van der Waals surface area contributed by atoms with Crippen molar-refractivity contribution >= 4 is 29.3 Å². The number of hydrogen-bond acceptors (Lipinski definition) is 6. The number of carboxylic acid groups (broad SMARTS) is 1. The highest BCUT2D eigenvalue weighted by atomic mass is 32.1. The number of nitrogens with zero attached hydrogens (tertiary/aromatic N) is 1. The molecule has 0 aliphatic carbocycles. The van der Waals surface area contributed by atoms with Crippen molar-refractivity contribution in [2.75, 3.05) is 0 Å². The number of hydrogen-bond donors (Lipinski definition) is 2. The third-order valence-electron chi connectivity index (χ3n) is 1.59. The fraction of sp³-hybridized carbons (Fsp3) is 0.333. The topological polar surface area (TPSA) is 100 Å². The second-order valence-electron chi connectivity index (χ2n) is 3.50. The molecule has 0 saturated carbocycles. The van der Waals surface area contributed by atoms with E-state index < -0.39 is 17.3 Å². The molecule has 0 fully saturated rings. The van der Waals surface area contributed by atoms with Gasteiger partial charge < -0.3 is 9.84 Å². The number of aldehydes is 1. The first-order chi connectivity index (χ1) is 7.35. The van der Waals surface area contributed by atoms with Gasteiger partial charge in [0.25, 0.3) is 5.19 Å². The molecule has 0 unspecified atom stereocenters. The van der Waals surface area contributed by atoms with Crippen LogP contribution in [0, 0.1) is 5.41 Å². The summed E-state index contributed by atoms with van der Waals surface area (Å²) in [4.78, 5) is 24.9. The molecule has 0 saturated heterocycles. The summed E-state index contributed by atoms with van der Waals surface area (Å²) in [6, 6.07) is 0. The first kappa shape index (κ1) is 12.3. The van der Waals surface area contributed by atoms with E-state index in [0.717, 1.165) is 11.3 Å². The fourth-order valence-electron chi connectivity index (χ4n) is 0.778. The fourth-order valence-corrected chi connectivity index (χ4v) is 1.57. The van der Waals surface area contributed by atoms with Crippen LogP contribution in [-0.4, -0.2) is 33.7 Å². The molecule has 6 nitrogen and oxygen atoms in total. The van der Waals surface area contributed by atoms with Crippen molar-refractivity contribution < 1.29 is 19.4 Å². The minimum absolute atomic E-state index is 0.0224. The Morgan fingerprint density at radius 3 is 2.81 bits per heavy atom. The Morgan fingerprint density at radius 2 is 2.31 bits per heavy atom. The van der Waals surface area contributed by atoms with Gasteiger partial charge in [0.1, 0.15) is 5.69 Å². The van der Waals surface area contributed by atoms with Crippen molar-refractivity contribution in [3.8, 4) is 5.19 Å². The van der Waals surface area contributed by atoms with Crippen LogP contribution in [0.4, 0.5) is 0 Å². The van der Waals surface area contributed by atoms with Gasteiger partial charge in [0.15, 0.2) is 17.6 Å². The summed E-state index contributed by atoms with van der Waals surface area (Å²) >= 11 is 1.04. The Bertz CT molecular complexity index is 438. The average molecular weight is 242 g/mol. The first-order valence-electron chi connectivity index (χ1n) is 4.29. The third kappa shape index (κ3) is 2.86. The second-order valence-corrected chi connectivity index (χ2v) is 4.32. The van der Waals surface area contributed by atoms with Gasteiger partial charge in [-0.25, -0.2) is 9.78 Å². The third-order valence-corrected chi connectivity index (χ3v) is 2.30. The number of carbonyl (C=O) groups is 2. The molecule has 0 bridgehead atoms. The van der Waals surface area contributed by atoms with Gasteiger partial charge in [0.2, 0.25) is 0 Å². The lowest BCUT2D eigenvalue weighted by atomic mass is 10.2. The van der Waals surface area contributed by atoms with E-state index in [2.05, 4.69) is 4.98 Å². The maximum absolute atomic E-state index is 10.6. The molecule has 0 aliphatic heterocycles. The van der Waals surface area contributed by atoms with Crippen molar-refractivity contribution in [3.05, 3.63) is 11.1 Å². The number of carboxylic acids is 1. The van der Waals surface area contributed by atoms with Gasteiger partial charge in [0.05, 0.1) is 0 Å². The van der Waals surface area contributed by atoms with E-state index in [1.807, 2.05) is 0 Å². The standard InChI is InChI=1S/C9H10N2O4S/c1-9(2,4-12)15-8-11-5(3-16-8)6(10)7(13)14/h3-4,10H,1-2H3,(H,13,14). The lowest BCUT2D eigenvalue weighted by molar-refractivity contribution is -0.129. The Kier molecular flexibility index (Phi) is 3.38. The minimum Gasteiger partial charge on any atom is -0.476 e. The van der Waals surface area contributed by atoms with E-state index in [1.54, 1.807) is 13.8 Å². The molecule has 86 valence electrons. The van der Waals surface area contributed by atoms with Crippen LogP contribution < -0.4 is 4.74 Å². The van der Waals surface area contributed by atoms with Gasteiger partial charge in [-0.05, 0) is 13.8 Å². The van der Waals surface area contributed by atoms with Gasteiger partial charge in [-0.1, -0.05) is 11.3 Å². The Hall–Kier alpha value is -1.76. The van der Waals surface area contributed by atoms with Crippen molar-refractivity contribution in [1.82, 2.24) is 4.98 Å². The quantitative estimate of drug-likeness (QED) is 0.591. The van der Waals surface area contributed by atoms with E-state index in [1.165, 1.54) is 5.38 Å².